The zero-order valence-electron chi connectivity index (χ0n) is 14.5. The van der Waals surface area contributed by atoms with Gasteiger partial charge in [0.25, 0.3) is 0 Å². The highest BCUT2D eigenvalue weighted by Crippen LogP contribution is 2.39. The normalized spacial score (nSPS) is 25.9. The molecule has 0 radical (unpaired) electrons. The minimum Gasteiger partial charge on any atom is -0.481 e. The van der Waals surface area contributed by atoms with E-state index in [0.29, 0.717) is 13.1 Å². The first kappa shape index (κ1) is 16.3. The summed E-state index contributed by atoms with van der Waals surface area (Å²) in [7, 11) is 0. The number of rotatable bonds is 4. The summed E-state index contributed by atoms with van der Waals surface area (Å²) in [6, 6.07) is 17.1. The maximum atomic E-state index is 11.8. The highest BCUT2D eigenvalue weighted by atomic mass is 16.4. The molecule has 2 heterocycles. The van der Waals surface area contributed by atoms with Crippen LogP contribution in [0, 0.1) is 18.3 Å². The van der Waals surface area contributed by atoms with Gasteiger partial charge in [0.2, 0.25) is 0 Å². The largest absolute Gasteiger partial charge is 0.481 e. The molecule has 0 aromatic heterocycles. The van der Waals surface area contributed by atoms with Crippen LogP contribution >= 0.6 is 0 Å². The van der Waals surface area contributed by atoms with Gasteiger partial charge in [-0.3, -0.25) is 9.69 Å². The molecular weight excluding hydrogens is 312 g/mol. The van der Waals surface area contributed by atoms with Crippen LogP contribution in [0.25, 0.3) is 11.1 Å². The van der Waals surface area contributed by atoms with Crippen LogP contribution in [0.15, 0.2) is 48.5 Å². The highest BCUT2D eigenvalue weighted by Gasteiger charge is 2.54. The SMILES string of the molecule is Cc1ccccc1-c1ccc(CN2C[C@@H]3CNC[C@]3(C(=O)O)C2)cc1. The Bertz CT molecular complexity index is 787. The Hall–Kier alpha value is -2.17. The van der Waals surface area contributed by atoms with Gasteiger partial charge in [-0.15, -0.1) is 0 Å². The lowest BCUT2D eigenvalue weighted by molar-refractivity contribution is -0.148. The first-order chi connectivity index (χ1) is 12.1. The lowest BCUT2D eigenvalue weighted by atomic mass is 9.81. The molecule has 0 bridgehead atoms. The number of hydrogen-bond acceptors (Lipinski definition) is 3. The number of carbonyl (C=O) groups is 1. The maximum Gasteiger partial charge on any atom is 0.312 e. The Labute approximate surface area is 148 Å². The topological polar surface area (TPSA) is 52.6 Å². The molecule has 2 aliphatic rings. The molecule has 2 aromatic rings. The molecule has 0 amide bonds. The van der Waals surface area contributed by atoms with E-state index in [0.717, 1.165) is 19.6 Å². The van der Waals surface area contributed by atoms with Gasteiger partial charge < -0.3 is 10.4 Å². The second-order valence-corrected chi connectivity index (χ2v) is 7.47. The van der Waals surface area contributed by atoms with Gasteiger partial charge in [0.15, 0.2) is 0 Å². The van der Waals surface area contributed by atoms with Crippen molar-refractivity contribution in [2.75, 3.05) is 26.2 Å². The number of likely N-dealkylation sites (tertiary alicyclic amines) is 1. The lowest BCUT2D eigenvalue weighted by Crippen LogP contribution is -2.40. The summed E-state index contributed by atoms with van der Waals surface area (Å²) in [5, 5.41) is 12.9. The van der Waals surface area contributed by atoms with Crippen LogP contribution in [0.3, 0.4) is 0 Å². The average molecular weight is 336 g/mol. The van der Waals surface area contributed by atoms with Crippen molar-refractivity contribution in [1.29, 1.82) is 0 Å². The average Bonchev–Trinajstić information content (AvgIpc) is 3.14. The molecule has 2 N–H and O–H groups in total. The Morgan fingerprint density at radius 1 is 1.24 bits per heavy atom. The van der Waals surface area contributed by atoms with Crippen LogP contribution in [0.5, 0.6) is 0 Å². The first-order valence-corrected chi connectivity index (χ1v) is 8.90. The lowest BCUT2D eigenvalue weighted by Gasteiger charge is -2.22. The van der Waals surface area contributed by atoms with Gasteiger partial charge in [-0.25, -0.2) is 0 Å². The first-order valence-electron chi connectivity index (χ1n) is 8.90. The van der Waals surface area contributed by atoms with E-state index in [1.165, 1.54) is 22.3 Å². The van der Waals surface area contributed by atoms with E-state index < -0.39 is 11.4 Å². The van der Waals surface area contributed by atoms with E-state index in [1.54, 1.807) is 0 Å². The van der Waals surface area contributed by atoms with Gasteiger partial charge >= 0.3 is 5.97 Å². The summed E-state index contributed by atoms with van der Waals surface area (Å²) in [5.41, 5.74) is 4.41. The van der Waals surface area contributed by atoms with Crippen LogP contribution < -0.4 is 5.32 Å². The quantitative estimate of drug-likeness (QED) is 0.901. The molecule has 4 rings (SSSR count). The second-order valence-electron chi connectivity index (χ2n) is 7.47. The highest BCUT2D eigenvalue weighted by molar-refractivity contribution is 5.77. The van der Waals surface area contributed by atoms with Crippen molar-refractivity contribution in [2.45, 2.75) is 13.5 Å². The predicted molar refractivity (Wildman–Crippen MR) is 98.3 cm³/mol. The van der Waals surface area contributed by atoms with Crippen LogP contribution in [0.2, 0.25) is 0 Å². The van der Waals surface area contributed by atoms with Gasteiger partial charge in [-0.1, -0.05) is 48.5 Å². The van der Waals surface area contributed by atoms with Gasteiger partial charge in [-0.05, 0) is 29.2 Å². The molecule has 130 valence electrons. The van der Waals surface area contributed by atoms with Gasteiger partial charge in [0.1, 0.15) is 0 Å². The third-order valence-corrected chi connectivity index (χ3v) is 5.84. The Balaban J connectivity index is 1.48. The Morgan fingerprint density at radius 2 is 2.00 bits per heavy atom. The summed E-state index contributed by atoms with van der Waals surface area (Å²) < 4.78 is 0. The maximum absolute atomic E-state index is 11.8. The fraction of sp³-hybridized carbons (Fsp3) is 0.381. The van der Waals surface area contributed by atoms with Gasteiger partial charge in [0, 0.05) is 38.6 Å². The number of nitrogens with zero attached hydrogens (tertiary/aromatic N) is 1. The third-order valence-electron chi connectivity index (χ3n) is 5.84. The fourth-order valence-corrected chi connectivity index (χ4v) is 4.39. The second kappa shape index (κ2) is 6.28. The van der Waals surface area contributed by atoms with Crippen LogP contribution in [0.4, 0.5) is 0 Å². The monoisotopic (exact) mass is 336 g/mol. The van der Waals surface area contributed by atoms with E-state index in [-0.39, 0.29) is 5.92 Å². The smallest absolute Gasteiger partial charge is 0.312 e. The number of nitrogens with one attached hydrogen (secondary N) is 1. The minimum absolute atomic E-state index is 0.219. The van der Waals surface area contributed by atoms with Crippen LogP contribution in [-0.2, 0) is 11.3 Å². The molecule has 2 atom stereocenters. The zero-order chi connectivity index (χ0) is 17.4. The molecule has 2 aliphatic heterocycles. The van der Waals surface area contributed by atoms with Crippen molar-refractivity contribution in [3.05, 3.63) is 59.7 Å². The van der Waals surface area contributed by atoms with Gasteiger partial charge in [-0.2, -0.15) is 0 Å². The van der Waals surface area contributed by atoms with Crippen LogP contribution in [0.1, 0.15) is 11.1 Å². The van der Waals surface area contributed by atoms with Gasteiger partial charge in [0.05, 0.1) is 5.41 Å². The third kappa shape index (κ3) is 2.86. The molecule has 0 aliphatic carbocycles. The van der Waals surface area contributed by atoms with E-state index >= 15 is 0 Å². The Kier molecular flexibility index (Phi) is 4.10. The van der Waals surface area contributed by atoms with Crippen LogP contribution in [-0.4, -0.2) is 42.2 Å². The molecule has 0 spiro atoms. The standard InChI is InChI=1S/C21H24N2O2/c1-15-4-2-3-5-19(15)17-8-6-16(7-9-17)11-23-12-18-10-22-13-21(18,14-23)20(24)25/h2-9,18,22H,10-14H2,1H3,(H,24,25)/t18-,21-/m0/s1. The fourth-order valence-electron chi connectivity index (χ4n) is 4.39. The zero-order valence-corrected chi connectivity index (χ0v) is 14.5. The molecule has 0 unspecified atom stereocenters. The molecule has 4 nitrogen and oxygen atoms in total. The molecule has 2 aromatic carbocycles. The molecule has 0 saturated carbocycles. The van der Waals surface area contributed by atoms with E-state index in [1.807, 2.05) is 0 Å². The molecule has 4 heteroatoms. The number of benzene rings is 2. The summed E-state index contributed by atoms with van der Waals surface area (Å²) in [6.07, 6.45) is 0. The molecular formula is C21H24N2O2. The van der Waals surface area contributed by atoms with Crippen molar-refractivity contribution in [3.8, 4) is 11.1 Å². The van der Waals surface area contributed by atoms with Crippen molar-refractivity contribution < 1.29 is 9.90 Å². The molecule has 2 saturated heterocycles. The van der Waals surface area contributed by atoms with E-state index in [4.69, 9.17) is 0 Å². The van der Waals surface area contributed by atoms with E-state index in [9.17, 15) is 9.90 Å². The van der Waals surface area contributed by atoms with Crippen molar-refractivity contribution in [1.82, 2.24) is 10.2 Å². The predicted octanol–water partition coefficient (Wildman–Crippen LogP) is 2.77. The Morgan fingerprint density at radius 3 is 2.68 bits per heavy atom. The summed E-state index contributed by atoms with van der Waals surface area (Å²) >= 11 is 0. The number of hydrogen-bond donors (Lipinski definition) is 2. The minimum atomic E-state index is -0.653. The molecule has 2 fully saturated rings. The number of aliphatic carboxylic acids is 1. The summed E-state index contributed by atoms with van der Waals surface area (Å²) in [5.74, 6) is -0.434. The summed E-state index contributed by atoms with van der Waals surface area (Å²) in [4.78, 5) is 14.1. The number of carboxylic acids is 1. The number of carboxylic acid groups (broad SMARTS) is 1. The number of aryl methyl sites for hydroxylation is 1. The van der Waals surface area contributed by atoms with Crippen molar-refractivity contribution >= 4 is 5.97 Å². The molecule has 25 heavy (non-hydrogen) atoms. The van der Waals surface area contributed by atoms with Crippen molar-refractivity contribution in [3.63, 3.8) is 0 Å². The van der Waals surface area contributed by atoms with E-state index in [2.05, 4.69) is 65.7 Å². The summed E-state index contributed by atoms with van der Waals surface area (Å²) in [6.45, 7) is 5.86. The van der Waals surface area contributed by atoms with Crippen molar-refractivity contribution in [2.24, 2.45) is 11.3 Å². The number of fused-ring (bicyclic) bond motifs is 1.